The molecule has 36 heavy (non-hydrogen) atoms. The first-order chi connectivity index (χ1) is 17.6. The van der Waals surface area contributed by atoms with E-state index in [0.717, 1.165) is 66.5 Å². The Morgan fingerprint density at radius 2 is 1.86 bits per heavy atom. The fourth-order valence-corrected chi connectivity index (χ4v) is 5.47. The van der Waals surface area contributed by atoms with Gasteiger partial charge >= 0.3 is 5.97 Å². The van der Waals surface area contributed by atoms with Crippen LogP contribution in [0.4, 0.5) is 5.69 Å². The number of anilines is 1. The van der Waals surface area contributed by atoms with Crippen LogP contribution in [0.15, 0.2) is 60.2 Å². The second-order valence-corrected chi connectivity index (χ2v) is 9.65. The minimum absolute atomic E-state index is 0.189. The van der Waals surface area contributed by atoms with Gasteiger partial charge in [0.25, 0.3) is 0 Å². The van der Waals surface area contributed by atoms with Crippen molar-refractivity contribution < 1.29 is 19.1 Å². The standard InChI is InChI=1S/C31H33NO4/c1-3-4-5-6-14-28(34)36-26-18-16-21(19-27(26)35-2)31-30-23(12-9-13-25(30)33)29-22-11-8-7-10-20(22)15-17-24(29)32-31/h7-8,10-11,15-19,31-32H,3-6,9,12-14H2,1-2H3. The van der Waals surface area contributed by atoms with Gasteiger partial charge in [0.2, 0.25) is 0 Å². The Morgan fingerprint density at radius 1 is 1.00 bits per heavy atom. The summed E-state index contributed by atoms with van der Waals surface area (Å²) in [6.45, 7) is 2.15. The van der Waals surface area contributed by atoms with Crippen LogP contribution in [0.2, 0.25) is 0 Å². The van der Waals surface area contributed by atoms with Gasteiger partial charge in [0, 0.05) is 29.7 Å². The molecule has 3 aromatic rings. The van der Waals surface area contributed by atoms with Gasteiger partial charge in [-0.05, 0) is 59.4 Å². The van der Waals surface area contributed by atoms with Crippen LogP contribution >= 0.6 is 0 Å². The molecule has 1 aliphatic heterocycles. The van der Waals surface area contributed by atoms with Crippen LogP contribution in [0.25, 0.3) is 16.3 Å². The van der Waals surface area contributed by atoms with E-state index in [4.69, 9.17) is 9.47 Å². The highest BCUT2D eigenvalue weighted by Crippen LogP contribution is 2.48. The van der Waals surface area contributed by atoms with Gasteiger partial charge in [-0.15, -0.1) is 0 Å². The Kier molecular flexibility index (Phi) is 7.08. The molecule has 1 N–H and O–H groups in total. The van der Waals surface area contributed by atoms with Gasteiger partial charge in [0.1, 0.15) is 0 Å². The molecule has 2 aliphatic rings. The molecule has 1 aliphatic carbocycles. The summed E-state index contributed by atoms with van der Waals surface area (Å²) in [6, 6.07) is 17.9. The molecule has 0 saturated carbocycles. The third-order valence-electron chi connectivity index (χ3n) is 7.25. The van der Waals surface area contributed by atoms with Gasteiger partial charge in [-0.2, -0.15) is 0 Å². The summed E-state index contributed by atoms with van der Waals surface area (Å²) in [6.07, 6.45) is 6.79. The molecule has 1 unspecified atom stereocenters. The first kappa shape index (κ1) is 24.1. The number of allylic oxidation sites excluding steroid dienone is 1. The molecule has 0 amide bonds. The number of hydrogen-bond acceptors (Lipinski definition) is 5. The van der Waals surface area contributed by atoms with Crippen LogP contribution in [-0.4, -0.2) is 18.9 Å². The second kappa shape index (κ2) is 10.6. The highest BCUT2D eigenvalue weighted by Gasteiger charge is 2.35. The van der Waals surface area contributed by atoms with Gasteiger partial charge in [0.15, 0.2) is 17.3 Å². The van der Waals surface area contributed by atoms with E-state index in [2.05, 4.69) is 36.5 Å². The maximum atomic E-state index is 13.3. The van der Waals surface area contributed by atoms with Crippen molar-refractivity contribution in [3.63, 3.8) is 0 Å². The predicted octanol–water partition coefficient (Wildman–Crippen LogP) is 7.40. The third-order valence-corrected chi connectivity index (χ3v) is 7.25. The number of ether oxygens (including phenoxy) is 2. The molecule has 0 saturated heterocycles. The topological polar surface area (TPSA) is 64.6 Å². The summed E-state index contributed by atoms with van der Waals surface area (Å²) in [7, 11) is 1.57. The van der Waals surface area contributed by atoms with Crippen molar-refractivity contribution in [1.82, 2.24) is 0 Å². The lowest BCUT2D eigenvalue weighted by Crippen LogP contribution is -2.27. The molecule has 5 nitrogen and oxygen atoms in total. The first-order valence-corrected chi connectivity index (χ1v) is 13.0. The average Bonchev–Trinajstić information content (AvgIpc) is 2.90. The first-order valence-electron chi connectivity index (χ1n) is 13.0. The number of hydrogen-bond donors (Lipinski definition) is 1. The van der Waals surface area contributed by atoms with Crippen molar-refractivity contribution in [1.29, 1.82) is 0 Å². The molecule has 0 radical (unpaired) electrons. The number of fused-ring (bicyclic) bond motifs is 4. The summed E-state index contributed by atoms with van der Waals surface area (Å²) in [5, 5.41) is 5.98. The van der Waals surface area contributed by atoms with Gasteiger partial charge in [-0.25, -0.2) is 0 Å². The van der Waals surface area contributed by atoms with E-state index in [1.54, 1.807) is 13.2 Å². The Balaban J connectivity index is 1.48. The van der Waals surface area contributed by atoms with Crippen molar-refractivity contribution in [2.24, 2.45) is 0 Å². The summed E-state index contributed by atoms with van der Waals surface area (Å²) >= 11 is 0. The highest BCUT2D eigenvalue weighted by atomic mass is 16.6. The zero-order valence-corrected chi connectivity index (χ0v) is 21.1. The molecule has 186 valence electrons. The molecule has 1 atom stereocenters. The third kappa shape index (κ3) is 4.62. The minimum Gasteiger partial charge on any atom is -0.493 e. The minimum atomic E-state index is -0.283. The largest absolute Gasteiger partial charge is 0.493 e. The molecule has 0 fully saturated rings. The number of benzene rings is 3. The molecule has 0 aromatic heterocycles. The lowest BCUT2D eigenvalue weighted by molar-refractivity contribution is -0.134. The average molecular weight is 484 g/mol. The molecular formula is C31H33NO4. The van der Waals surface area contributed by atoms with Gasteiger partial charge in [-0.3, -0.25) is 9.59 Å². The van der Waals surface area contributed by atoms with Crippen LogP contribution in [0, 0.1) is 0 Å². The molecule has 1 heterocycles. The Labute approximate surface area is 212 Å². The highest BCUT2D eigenvalue weighted by molar-refractivity contribution is 6.12. The van der Waals surface area contributed by atoms with Crippen LogP contribution in [0.5, 0.6) is 11.5 Å². The molecule has 0 spiro atoms. The van der Waals surface area contributed by atoms with E-state index < -0.39 is 0 Å². The fraction of sp³-hybridized carbons (Fsp3) is 0.355. The predicted molar refractivity (Wildman–Crippen MR) is 143 cm³/mol. The normalized spacial score (nSPS) is 16.8. The van der Waals surface area contributed by atoms with E-state index in [1.165, 1.54) is 10.8 Å². The Morgan fingerprint density at radius 3 is 2.69 bits per heavy atom. The molecule has 5 rings (SSSR count). The summed E-state index contributed by atoms with van der Waals surface area (Å²) < 4.78 is 11.2. The van der Waals surface area contributed by atoms with Crippen LogP contribution < -0.4 is 14.8 Å². The van der Waals surface area contributed by atoms with Crippen molar-refractivity contribution in [3.05, 3.63) is 71.3 Å². The van der Waals surface area contributed by atoms with E-state index in [9.17, 15) is 9.59 Å². The zero-order valence-electron chi connectivity index (χ0n) is 21.1. The number of nitrogens with one attached hydrogen (secondary N) is 1. The molecule has 0 bridgehead atoms. The lowest BCUT2D eigenvalue weighted by Gasteiger charge is -2.35. The quantitative estimate of drug-likeness (QED) is 0.205. The number of Topliss-reactive ketones (excluding diaryl/α,β-unsaturated/α-hetero) is 1. The van der Waals surface area contributed by atoms with E-state index in [1.807, 2.05) is 24.3 Å². The molecule has 5 heteroatoms. The van der Waals surface area contributed by atoms with Crippen molar-refractivity contribution in [3.8, 4) is 11.5 Å². The summed E-state index contributed by atoms with van der Waals surface area (Å²) in [5.74, 6) is 0.842. The number of ketones is 1. The van der Waals surface area contributed by atoms with Gasteiger partial charge in [-0.1, -0.05) is 62.6 Å². The monoisotopic (exact) mass is 483 g/mol. The maximum Gasteiger partial charge on any atom is 0.311 e. The van der Waals surface area contributed by atoms with Gasteiger partial charge < -0.3 is 14.8 Å². The van der Waals surface area contributed by atoms with Crippen LogP contribution in [0.1, 0.15) is 75.5 Å². The number of rotatable bonds is 8. The van der Waals surface area contributed by atoms with Crippen LogP contribution in [0.3, 0.4) is 0 Å². The van der Waals surface area contributed by atoms with Crippen molar-refractivity contribution in [2.45, 2.75) is 64.3 Å². The Bertz CT molecular complexity index is 1340. The Hall–Kier alpha value is -3.60. The van der Waals surface area contributed by atoms with Gasteiger partial charge in [0.05, 0.1) is 13.2 Å². The number of carbonyl (C=O) groups excluding carboxylic acids is 2. The number of unbranched alkanes of at least 4 members (excludes halogenated alkanes) is 3. The van der Waals surface area contributed by atoms with E-state index >= 15 is 0 Å². The zero-order chi connectivity index (χ0) is 25.1. The van der Waals surface area contributed by atoms with E-state index in [-0.39, 0.29) is 17.8 Å². The molecule has 3 aromatic carbocycles. The smallest absolute Gasteiger partial charge is 0.311 e. The number of carbonyl (C=O) groups is 2. The second-order valence-electron chi connectivity index (χ2n) is 9.65. The lowest BCUT2D eigenvalue weighted by atomic mass is 9.77. The maximum absolute atomic E-state index is 13.3. The van der Waals surface area contributed by atoms with Crippen LogP contribution in [-0.2, 0) is 9.59 Å². The SMILES string of the molecule is CCCCCCC(=O)Oc1ccc(C2Nc3ccc4ccccc4c3C3=C2C(=O)CCC3)cc1OC. The van der Waals surface area contributed by atoms with E-state index in [0.29, 0.717) is 24.3 Å². The van der Waals surface area contributed by atoms with Crippen molar-refractivity contribution >= 4 is 33.8 Å². The summed E-state index contributed by atoms with van der Waals surface area (Å²) in [5.41, 5.74) is 5.08. The number of esters is 1. The fourth-order valence-electron chi connectivity index (χ4n) is 5.47. The number of methoxy groups -OCH3 is 1. The summed E-state index contributed by atoms with van der Waals surface area (Å²) in [4.78, 5) is 25.6. The van der Waals surface area contributed by atoms with Crippen molar-refractivity contribution in [2.75, 3.05) is 12.4 Å². The molecular weight excluding hydrogens is 450 g/mol.